The summed E-state index contributed by atoms with van der Waals surface area (Å²) in [6, 6.07) is 4.47. The van der Waals surface area contributed by atoms with Gasteiger partial charge in [0.25, 0.3) is 5.69 Å². The summed E-state index contributed by atoms with van der Waals surface area (Å²) in [4.78, 5) is 25.4. The van der Waals surface area contributed by atoms with E-state index in [1.807, 2.05) is 11.9 Å². The minimum atomic E-state index is -0.484. The highest BCUT2D eigenvalue weighted by atomic mass is 16.6. The fourth-order valence-corrected chi connectivity index (χ4v) is 1.72. The Hall–Kier alpha value is -2.63. The predicted molar refractivity (Wildman–Crippen MR) is 71.6 cm³/mol. The van der Waals surface area contributed by atoms with Crippen LogP contribution < -0.4 is 4.90 Å². The van der Waals surface area contributed by atoms with Crippen molar-refractivity contribution in [1.29, 1.82) is 0 Å². The zero-order valence-electron chi connectivity index (χ0n) is 10.6. The lowest BCUT2D eigenvalue weighted by atomic mass is 10.1. The van der Waals surface area contributed by atoms with Gasteiger partial charge in [0.05, 0.1) is 4.92 Å². The maximum atomic E-state index is 11.3. The summed E-state index contributed by atoms with van der Waals surface area (Å²) < 4.78 is 0. The minimum absolute atomic E-state index is 0.0912. The highest BCUT2D eigenvalue weighted by Gasteiger charge is 2.19. The van der Waals surface area contributed by atoms with Crippen molar-refractivity contribution in [3.63, 3.8) is 0 Å². The molecule has 1 aromatic rings. The Morgan fingerprint density at radius 2 is 1.84 bits per heavy atom. The minimum Gasteiger partial charge on any atom is -0.354 e. The van der Waals surface area contributed by atoms with E-state index in [-0.39, 0.29) is 11.5 Å². The number of carbonyl (C=O) groups is 1. The van der Waals surface area contributed by atoms with Gasteiger partial charge in [0, 0.05) is 43.5 Å². The lowest BCUT2D eigenvalue weighted by Crippen LogP contribution is -2.17. The largest absolute Gasteiger partial charge is 0.354 e. The van der Waals surface area contributed by atoms with Crippen molar-refractivity contribution < 1.29 is 9.72 Å². The van der Waals surface area contributed by atoms with Crippen LogP contribution in [-0.4, -0.2) is 22.7 Å². The number of nitro groups is 1. The van der Waals surface area contributed by atoms with Crippen molar-refractivity contribution in [3.05, 3.63) is 58.7 Å². The number of rotatable bonds is 3. The van der Waals surface area contributed by atoms with Crippen molar-refractivity contribution in [1.82, 2.24) is 4.90 Å². The number of benzene rings is 1. The van der Waals surface area contributed by atoms with Crippen LogP contribution in [0.3, 0.4) is 0 Å². The van der Waals surface area contributed by atoms with Gasteiger partial charge in [-0.15, -0.1) is 0 Å². The molecule has 6 heteroatoms. The Kier molecular flexibility index (Phi) is 3.33. The molecule has 0 atom stereocenters. The summed E-state index contributed by atoms with van der Waals surface area (Å²) in [6.45, 7) is 1.38. The first-order valence-corrected chi connectivity index (χ1v) is 5.65. The first-order chi connectivity index (χ1) is 8.99. The summed E-state index contributed by atoms with van der Waals surface area (Å²) in [6.07, 6.45) is 7.00. The fourth-order valence-electron chi connectivity index (χ4n) is 1.72. The molecule has 0 saturated carbocycles. The van der Waals surface area contributed by atoms with Crippen LogP contribution in [0.2, 0.25) is 0 Å². The molecular formula is C13H13N3O3. The third-order valence-electron chi connectivity index (χ3n) is 2.78. The number of hydrogen-bond acceptors (Lipinski definition) is 5. The van der Waals surface area contributed by atoms with Crippen LogP contribution in [0.25, 0.3) is 0 Å². The monoisotopic (exact) mass is 259 g/mol. The van der Waals surface area contributed by atoms with Crippen molar-refractivity contribution in [2.45, 2.75) is 6.92 Å². The number of carbonyl (C=O) groups excluding carboxylic acids is 1. The van der Waals surface area contributed by atoms with Gasteiger partial charge in [0.1, 0.15) is 5.69 Å². The zero-order valence-corrected chi connectivity index (χ0v) is 10.6. The lowest BCUT2D eigenvalue weighted by Gasteiger charge is -2.22. The van der Waals surface area contributed by atoms with Gasteiger partial charge >= 0.3 is 0 Å². The normalized spacial score (nSPS) is 13.8. The average molecular weight is 259 g/mol. The van der Waals surface area contributed by atoms with E-state index in [0.717, 1.165) is 0 Å². The second-order valence-corrected chi connectivity index (χ2v) is 4.19. The Morgan fingerprint density at radius 1 is 1.21 bits per heavy atom. The molecule has 0 saturated heterocycles. The van der Waals surface area contributed by atoms with Crippen molar-refractivity contribution in [2.24, 2.45) is 0 Å². The molecule has 0 fully saturated rings. The molecule has 6 nitrogen and oxygen atoms in total. The maximum absolute atomic E-state index is 11.3. The van der Waals surface area contributed by atoms with Gasteiger partial charge in [0.2, 0.25) is 0 Å². The molecule has 19 heavy (non-hydrogen) atoms. The van der Waals surface area contributed by atoms with Crippen LogP contribution in [0.5, 0.6) is 0 Å². The van der Waals surface area contributed by atoms with Crippen LogP contribution >= 0.6 is 0 Å². The standard InChI is InChI=1S/C13H13N3O3/c1-10(17)11-3-4-12(13(9-11)16(18)19)15-7-5-14(2)6-8-15/h3-9H,1-2H3. The number of hydrogen-bond donors (Lipinski definition) is 0. The van der Waals surface area contributed by atoms with Crippen molar-refractivity contribution >= 4 is 17.2 Å². The third kappa shape index (κ3) is 2.62. The zero-order chi connectivity index (χ0) is 14.0. The molecule has 0 amide bonds. The topological polar surface area (TPSA) is 66.7 Å². The quantitative estimate of drug-likeness (QED) is 0.474. The highest BCUT2D eigenvalue weighted by Crippen LogP contribution is 2.30. The molecule has 1 aliphatic rings. The van der Waals surface area contributed by atoms with E-state index in [0.29, 0.717) is 11.3 Å². The predicted octanol–water partition coefficient (Wildman–Crippen LogP) is 2.49. The molecule has 98 valence electrons. The third-order valence-corrected chi connectivity index (χ3v) is 2.78. The molecule has 0 spiro atoms. The molecular weight excluding hydrogens is 246 g/mol. The first kappa shape index (κ1) is 12.8. The highest BCUT2D eigenvalue weighted by molar-refractivity contribution is 5.95. The van der Waals surface area contributed by atoms with E-state index in [4.69, 9.17) is 0 Å². The molecule has 1 aliphatic heterocycles. The van der Waals surface area contributed by atoms with E-state index in [9.17, 15) is 14.9 Å². The number of ketones is 1. The number of nitrogens with zero attached hydrogens (tertiary/aromatic N) is 3. The molecule has 2 rings (SSSR count). The fraction of sp³-hybridized carbons (Fsp3) is 0.154. The molecule has 1 heterocycles. The van der Waals surface area contributed by atoms with Crippen LogP contribution in [0.1, 0.15) is 17.3 Å². The summed E-state index contributed by atoms with van der Waals surface area (Å²) in [5, 5.41) is 11.1. The lowest BCUT2D eigenvalue weighted by molar-refractivity contribution is -0.384. The molecule has 0 bridgehead atoms. The second kappa shape index (κ2) is 4.93. The van der Waals surface area contributed by atoms with Crippen LogP contribution in [0.4, 0.5) is 11.4 Å². The summed E-state index contributed by atoms with van der Waals surface area (Å²) in [5.41, 5.74) is 0.666. The van der Waals surface area contributed by atoms with E-state index in [2.05, 4.69) is 0 Å². The Balaban J connectivity index is 2.46. The number of nitro benzene ring substituents is 1. The summed E-state index contributed by atoms with van der Waals surface area (Å²) in [7, 11) is 1.86. The maximum Gasteiger partial charge on any atom is 0.293 e. The smallest absolute Gasteiger partial charge is 0.293 e. The number of Topliss-reactive ketones (excluding diaryl/α,β-unsaturated/α-hetero) is 1. The molecule has 0 aliphatic carbocycles. The first-order valence-electron chi connectivity index (χ1n) is 5.65. The van der Waals surface area contributed by atoms with Gasteiger partial charge in [0.15, 0.2) is 5.78 Å². The number of anilines is 1. The van der Waals surface area contributed by atoms with Crippen molar-refractivity contribution in [3.8, 4) is 0 Å². The average Bonchev–Trinajstić information content (AvgIpc) is 2.38. The molecule has 0 radical (unpaired) electrons. The Bertz CT molecular complexity index is 579. The summed E-state index contributed by atoms with van der Waals surface area (Å²) in [5.74, 6) is -0.195. The molecule has 1 aromatic carbocycles. The van der Waals surface area contributed by atoms with Crippen LogP contribution in [-0.2, 0) is 0 Å². The molecule has 0 aromatic heterocycles. The summed E-state index contributed by atoms with van der Waals surface area (Å²) >= 11 is 0. The van der Waals surface area contributed by atoms with Crippen LogP contribution in [0.15, 0.2) is 43.0 Å². The second-order valence-electron chi connectivity index (χ2n) is 4.19. The van der Waals surface area contributed by atoms with Crippen molar-refractivity contribution in [2.75, 3.05) is 11.9 Å². The molecule has 0 unspecified atom stereocenters. The van der Waals surface area contributed by atoms with Gasteiger partial charge in [-0.05, 0) is 19.1 Å². The van der Waals surface area contributed by atoms with Gasteiger partial charge in [-0.1, -0.05) is 0 Å². The van der Waals surface area contributed by atoms with Gasteiger partial charge in [-0.2, -0.15) is 0 Å². The van der Waals surface area contributed by atoms with E-state index in [1.165, 1.54) is 13.0 Å². The van der Waals surface area contributed by atoms with E-state index in [1.54, 1.807) is 41.8 Å². The Labute approximate surface area is 110 Å². The van der Waals surface area contributed by atoms with Crippen LogP contribution in [0, 0.1) is 10.1 Å². The van der Waals surface area contributed by atoms with Gasteiger partial charge in [-0.3, -0.25) is 14.9 Å². The molecule has 0 N–H and O–H groups in total. The van der Waals surface area contributed by atoms with E-state index >= 15 is 0 Å². The van der Waals surface area contributed by atoms with E-state index < -0.39 is 4.92 Å². The van der Waals surface area contributed by atoms with Gasteiger partial charge in [-0.25, -0.2) is 0 Å². The SMILES string of the molecule is CC(=O)c1ccc(N2C=CN(C)C=C2)c([N+](=O)[O-])c1. The Morgan fingerprint density at radius 3 is 2.37 bits per heavy atom. The van der Waals surface area contributed by atoms with Gasteiger partial charge < -0.3 is 9.80 Å².